The molecule has 1 heterocycles. The Kier molecular flexibility index (Phi) is 3.69. The average Bonchev–Trinajstić information content (AvgIpc) is 3.09. The molecule has 1 saturated carbocycles. The number of piperidine rings is 1. The quantitative estimate of drug-likeness (QED) is 0.568. The van der Waals surface area contributed by atoms with Gasteiger partial charge in [-0.1, -0.05) is 0 Å². The molecular weight excluding hydrogens is 200 g/mol. The third-order valence-corrected chi connectivity index (χ3v) is 3.69. The molecule has 0 spiro atoms. The maximum absolute atomic E-state index is 5.97. The summed E-state index contributed by atoms with van der Waals surface area (Å²) in [6.45, 7) is 3.30. The van der Waals surface area contributed by atoms with Crippen molar-refractivity contribution in [3.05, 3.63) is 0 Å². The highest BCUT2D eigenvalue weighted by Crippen LogP contribution is 2.25. The molecule has 2 fully saturated rings. The van der Waals surface area contributed by atoms with Crippen LogP contribution in [-0.4, -0.2) is 55.5 Å². The van der Waals surface area contributed by atoms with Crippen LogP contribution < -0.4 is 5.73 Å². The van der Waals surface area contributed by atoms with Crippen molar-refractivity contribution in [2.45, 2.75) is 31.7 Å². The Balaban J connectivity index is 1.77. The molecule has 4 heteroatoms. The third-order valence-electron chi connectivity index (χ3n) is 3.69. The van der Waals surface area contributed by atoms with Crippen molar-refractivity contribution in [2.24, 2.45) is 16.6 Å². The first-order valence-corrected chi connectivity index (χ1v) is 6.38. The van der Waals surface area contributed by atoms with Gasteiger partial charge in [-0.25, -0.2) is 0 Å². The van der Waals surface area contributed by atoms with Crippen molar-refractivity contribution in [3.63, 3.8) is 0 Å². The molecule has 0 aromatic carbocycles. The predicted molar refractivity (Wildman–Crippen MR) is 67.5 cm³/mol. The second-order valence-electron chi connectivity index (χ2n) is 5.31. The summed E-state index contributed by atoms with van der Waals surface area (Å²) in [5, 5.41) is 0. The fourth-order valence-corrected chi connectivity index (χ4v) is 2.41. The molecule has 2 N–H and O–H groups in total. The molecule has 0 radical (unpaired) electrons. The number of hydrogen-bond acceptors (Lipinski definition) is 2. The molecule has 16 heavy (non-hydrogen) atoms. The maximum atomic E-state index is 5.97. The topological polar surface area (TPSA) is 44.9 Å². The zero-order chi connectivity index (χ0) is 11.5. The average molecular weight is 224 g/mol. The van der Waals surface area contributed by atoms with Crippen molar-refractivity contribution >= 4 is 5.96 Å². The summed E-state index contributed by atoms with van der Waals surface area (Å²) in [7, 11) is 4.25. The molecule has 2 rings (SSSR count). The summed E-state index contributed by atoms with van der Waals surface area (Å²) in [4.78, 5) is 9.06. The number of aliphatic imine (C=N–C) groups is 1. The molecule has 0 bridgehead atoms. The molecule has 4 nitrogen and oxygen atoms in total. The molecular formula is C12H24N4. The van der Waals surface area contributed by atoms with Gasteiger partial charge in [0.15, 0.2) is 5.96 Å². The Morgan fingerprint density at radius 2 is 2.19 bits per heavy atom. The van der Waals surface area contributed by atoms with Crippen LogP contribution in [0.4, 0.5) is 0 Å². The highest BCUT2D eigenvalue weighted by atomic mass is 15.3. The van der Waals surface area contributed by atoms with Gasteiger partial charge >= 0.3 is 0 Å². The molecule has 92 valence electrons. The summed E-state index contributed by atoms with van der Waals surface area (Å²) >= 11 is 0. The van der Waals surface area contributed by atoms with Gasteiger partial charge in [-0.3, -0.25) is 4.99 Å². The third kappa shape index (κ3) is 3.11. The molecule has 1 saturated heterocycles. The van der Waals surface area contributed by atoms with Gasteiger partial charge in [-0.2, -0.15) is 0 Å². The van der Waals surface area contributed by atoms with Crippen LogP contribution >= 0.6 is 0 Å². The van der Waals surface area contributed by atoms with Crippen LogP contribution in [0.1, 0.15) is 25.7 Å². The van der Waals surface area contributed by atoms with Gasteiger partial charge in [-0.05, 0) is 45.2 Å². The summed E-state index contributed by atoms with van der Waals surface area (Å²) in [6.07, 6.45) is 5.15. The molecule has 0 aromatic rings. The minimum Gasteiger partial charge on any atom is -0.370 e. The first-order chi connectivity index (χ1) is 7.66. The van der Waals surface area contributed by atoms with E-state index in [0.717, 1.165) is 12.5 Å². The molecule has 1 aliphatic carbocycles. The van der Waals surface area contributed by atoms with E-state index in [-0.39, 0.29) is 0 Å². The Hall–Kier alpha value is -0.770. The minimum atomic E-state index is 0.665. The van der Waals surface area contributed by atoms with Gasteiger partial charge in [0.1, 0.15) is 0 Å². The van der Waals surface area contributed by atoms with E-state index in [4.69, 9.17) is 5.73 Å². The van der Waals surface area contributed by atoms with Gasteiger partial charge in [0.05, 0.1) is 0 Å². The van der Waals surface area contributed by atoms with E-state index in [1.807, 2.05) is 0 Å². The number of guanidine groups is 1. The van der Waals surface area contributed by atoms with E-state index >= 15 is 0 Å². The van der Waals surface area contributed by atoms with Crippen molar-refractivity contribution in [3.8, 4) is 0 Å². The second kappa shape index (κ2) is 5.04. The first-order valence-electron chi connectivity index (χ1n) is 6.38. The standard InChI is InChI=1S/C12H24N4/c1-15-7-3-4-10(9-15)8-14-12(13)16(2)11-5-6-11/h10-11H,3-9H2,1-2H3,(H2,13,14). The van der Waals surface area contributed by atoms with Crippen LogP contribution in [0, 0.1) is 5.92 Å². The molecule has 0 amide bonds. The van der Waals surface area contributed by atoms with Crippen molar-refractivity contribution in [1.29, 1.82) is 0 Å². The van der Waals surface area contributed by atoms with E-state index in [2.05, 4.69) is 28.9 Å². The van der Waals surface area contributed by atoms with Gasteiger partial charge in [-0.15, -0.1) is 0 Å². The predicted octanol–water partition coefficient (Wildman–Crippen LogP) is 0.737. The molecule has 0 aromatic heterocycles. The Morgan fingerprint density at radius 1 is 1.44 bits per heavy atom. The first kappa shape index (κ1) is 11.7. The monoisotopic (exact) mass is 224 g/mol. The van der Waals surface area contributed by atoms with E-state index in [0.29, 0.717) is 12.0 Å². The Labute approximate surface area is 98.5 Å². The molecule has 1 unspecified atom stereocenters. The van der Waals surface area contributed by atoms with Crippen LogP contribution in [-0.2, 0) is 0 Å². The SMILES string of the molecule is CN1CCCC(CN=C(N)N(C)C2CC2)C1. The van der Waals surface area contributed by atoms with Crippen LogP contribution in [0.5, 0.6) is 0 Å². The van der Waals surface area contributed by atoms with Crippen LogP contribution in [0.3, 0.4) is 0 Å². The number of nitrogens with two attached hydrogens (primary N) is 1. The number of hydrogen-bond donors (Lipinski definition) is 1. The number of rotatable bonds is 3. The van der Waals surface area contributed by atoms with Gasteiger partial charge < -0.3 is 15.5 Å². The van der Waals surface area contributed by atoms with Crippen molar-refractivity contribution in [2.75, 3.05) is 33.7 Å². The maximum Gasteiger partial charge on any atom is 0.191 e. The smallest absolute Gasteiger partial charge is 0.191 e. The highest BCUT2D eigenvalue weighted by Gasteiger charge is 2.27. The second-order valence-corrected chi connectivity index (χ2v) is 5.31. The lowest BCUT2D eigenvalue weighted by atomic mass is 9.99. The molecule has 1 atom stereocenters. The van der Waals surface area contributed by atoms with E-state index in [1.54, 1.807) is 0 Å². The van der Waals surface area contributed by atoms with Gasteiger partial charge in [0, 0.05) is 26.2 Å². The summed E-state index contributed by atoms with van der Waals surface area (Å²) in [5.74, 6) is 1.43. The zero-order valence-corrected chi connectivity index (χ0v) is 10.5. The fourth-order valence-electron chi connectivity index (χ4n) is 2.41. The lowest BCUT2D eigenvalue weighted by Crippen LogP contribution is -2.37. The van der Waals surface area contributed by atoms with Crippen molar-refractivity contribution < 1.29 is 0 Å². The lowest BCUT2D eigenvalue weighted by molar-refractivity contribution is 0.214. The van der Waals surface area contributed by atoms with Gasteiger partial charge in [0.25, 0.3) is 0 Å². The Bertz CT molecular complexity index is 260. The van der Waals surface area contributed by atoms with E-state index < -0.39 is 0 Å². The lowest BCUT2D eigenvalue weighted by Gasteiger charge is -2.29. The van der Waals surface area contributed by atoms with Crippen LogP contribution in [0.2, 0.25) is 0 Å². The van der Waals surface area contributed by atoms with Crippen LogP contribution in [0.15, 0.2) is 4.99 Å². The zero-order valence-electron chi connectivity index (χ0n) is 10.5. The van der Waals surface area contributed by atoms with Gasteiger partial charge in [0.2, 0.25) is 0 Å². The fraction of sp³-hybridized carbons (Fsp3) is 0.917. The van der Waals surface area contributed by atoms with E-state index in [9.17, 15) is 0 Å². The minimum absolute atomic E-state index is 0.665. The molecule has 2 aliphatic rings. The molecule has 1 aliphatic heterocycles. The number of nitrogens with zero attached hydrogens (tertiary/aromatic N) is 3. The van der Waals surface area contributed by atoms with E-state index in [1.165, 1.54) is 38.8 Å². The normalized spacial score (nSPS) is 28.1. The Morgan fingerprint density at radius 3 is 2.81 bits per heavy atom. The summed E-state index contributed by atoms with van der Waals surface area (Å²) in [6, 6.07) is 0.665. The largest absolute Gasteiger partial charge is 0.370 e. The highest BCUT2D eigenvalue weighted by molar-refractivity contribution is 5.78. The van der Waals surface area contributed by atoms with Crippen LogP contribution in [0.25, 0.3) is 0 Å². The summed E-state index contributed by atoms with van der Waals surface area (Å²) in [5.41, 5.74) is 5.97. The number of likely N-dealkylation sites (tertiary alicyclic amines) is 1. The summed E-state index contributed by atoms with van der Waals surface area (Å²) < 4.78 is 0. The van der Waals surface area contributed by atoms with Crippen molar-refractivity contribution in [1.82, 2.24) is 9.80 Å².